The second-order valence-electron chi connectivity index (χ2n) is 7.86. The summed E-state index contributed by atoms with van der Waals surface area (Å²) >= 11 is 1.88. The fraction of sp³-hybridized carbons (Fsp3) is 0.667. The van der Waals surface area contributed by atoms with Gasteiger partial charge in [0.15, 0.2) is 5.96 Å². The van der Waals surface area contributed by atoms with E-state index in [0.29, 0.717) is 11.8 Å². The molecule has 1 fully saturated rings. The smallest absolute Gasteiger partial charge is 0.198 e. The summed E-state index contributed by atoms with van der Waals surface area (Å²) in [6.07, 6.45) is 1.30. The fourth-order valence-corrected chi connectivity index (χ4v) is 4.54. The van der Waals surface area contributed by atoms with Gasteiger partial charge in [0.2, 0.25) is 0 Å². The molecule has 1 aliphatic heterocycles. The van der Waals surface area contributed by atoms with Crippen molar-refractivity contribution in [3.63, 3.8) is 0 Å². The number of benzene rings is 1. The van der Waals surface area contributed by atoms with E-state index >= 15 is 0 Å². The zero-order valence-corrected chi connectivity index (χ0v) is 18.0. The molecule has 1 aromatic rings. The molecule has 4 nitrogen and oxygen atoms in total. The van der Waals surface area contributed by atoms with E-state index in [2.05, 4.69) is 57.0 Å². The van der Waals surface area contributed by atoms with Crippen LogP contribution in [0.5, 0.6) is 0 Å². The van der Waals surface area contributed by atoms with Gasteiger partial charge in [0.1, 0.15) is 0 Å². The first kappa shape index (κ1) is 21.1. The zero-order chi connectivity index (χ0) is 19.1. The second-order valence-corrected chi connectivity index (χ2v) is 9.08. The van der Waals surface area contributed by atoms with E-state index in [1.165, 1.54) is 28.8 Å². The van der Waals surface area contributed by atoms with E-state index in [0.717, 1.165) is 43.6 Å². The number of hydrogen-bond donors (Lipinski definition) is 2. The monoisotopic (exact) mass is 376 g/mol. The number of guanidine groups is 1. The molecule has 2 unspecified atom stereocenters. The van der Waals surface area contributed by atoms with E-state index in [1.54, 1.807) is 0 Å². The molecule has 0 radical (unpaired) electrons. The highest BCUT2D eigenvalue weighted by Crippen LogP contribution is 2.25. The predicted octanol–water partition coefficient (Wildman–Crippen LogP) is 4.05. The topological polar surface area (TPSA) is 53.6 Å². The minimum absolute atomic E-state index is 0.706. The number of aryl methyl sites for hydroxylation is 3. The maximum absolute atomic E-state index is 5.59. The van der Waals surface area contributed by atoms with Gasteiger partial charge >= 0.3 is 0 Å². The Hall–Kier alpha value is -1.20. The van der Waals surface area contributed by atoms with Crippen molar-refractivity contribution in [1.29, 1.82) is 0 Å². The molecule has 3 N–H and O–H groups in total. The first-order chi connectivity index (χ1) is 12.4. The lowest BCUT2D eigenvalue weighted by atomic mass is 9.92. The van der Waals surface area contributed by atoms with Crippen LogP contribution in [-0.2, 0) is 0 Å². The summed E-state index contributed by atoms with van der Waals surface area (Å²) in [6.45, 7) is 14.9. The van der Waals surface area contributed by atoms with Gasteiger partial charge in [0, 0.05) is 36.8 Å². The number of thioether (sulfide) groups is 1. The Kier molecular flexibility index (Phi) is 8.29. The van der Waals surface area contributed by atoms with Crippen molar-refractivity contribution < 1.29 is 0 Å². The van der Waals surface area contributed by atoms with Crippen molar-refractivity contribution >= 4 is 23.4 Å². The molecule has 2 atom stereocenters. The predicted molar refractivity (Wildman–Crippen MR) is 117 cm³/mol. The quantitative estimate of drug-likeness (QED) is 0.447. The molecule has 0 saturated carbocycles. The Morgan fingerprint density at radius 2 is 1.77 bits per heavy atom. The highest BCUT2D eigenvalue weighted by molar-refractivity contribution is 7.99. The van der Waals surface area contributed by atoms with Crippen LogP contribution in [0, 0.1) is 32.6 Å². The number of likely N-dealkylation sites (tertiary alicyclic amines) is 1. The molecule has 0 bridgehead atoms. The molecule has 5 heteroatoms. The molecular weight excluding hydrogens is 340 g/mol. The summed E-state index contributed by atoms with van der Waals surface area (Å²) in [7, 11) is 0. The highest BCUT2D eigenvalue weighted by atomic mass is 32.2. The molecule has 2 rings (SSSR count). The third-order valence-corrected chi connectivity index (χ3v) is 5.84. The van der Waals surface area contributed by atoms with Crippen LogP contribution in [0.1, 0.15) is 37.0 Å². The van der Waals surface area contributed by atoms with Crippen LogP contribution in [-0.4, -0.2) is 48.5 Å². The van der Waals surface area contributed by atoms with Crippen LogP contribution in [0.15, 0.2) is 17.1 Å². The first-order valence-corrected chi connectivity index (χ1v) is 11.0. The van der Waals surface area contributed by atoms with Gasteiger partial charge in [-0.25, -0.2) is 0 Å². The second kappa shape index (κ2) is 10.2. The fourth-order valence-electron chi connectivity index (χ4n) is 3.94. The molecule has 146 valence electrons. The van der Waals surface area contributed by atoms with Crippen LogP contribution in [0.2, 0.25) is 0 Å². The number of piperidine rings is 1. The van der Waals surface area contributed by atoms with Crippen molar-refractivity contribution in [2.75, 3.05) is 43.0 Å². The zero-order valence-electron chi connectivity index (χ0n) is 17.1. The molecule has 1 saturated heterocycles. The van der Waals surface area contributed by atoms with Crippen molar-refractivity contribution in [2.24, 2.45) is 22.6 Å². The Morgan fingerprint density at radius 1 is 1.15 bits per heavy atom. The summed E-state index contributed by atoms with van der Waals surface area (Å²) in [5.74, 6) is 4.47. The van der Waals surface area contributed by atoms with Gasteiger partial charge in [-0.2, -0.15) is 11.8 Å². The van der Waals surface area contributed by atoms with Crippen LogP contribution in [0.4, 0.5) is 5.69 Å². The third-order valence-electron chi connectivity index (χ3n) is 4.84. The Labute approximate surface area is 164 Å². The molecule has 1 aromatic carbocycles. The molecule has 0 aromatic heterocycles. The Bertz CT molecular complexity index is 581. The lowest BCUT2D eigenvalue weighted by Gasteiger charge is -2.37. The molecule has 26 heavy (non-hydrogen) atoms. The first-order valence-electron chi connectivity index (χ1n) is 9.82. The lowest BCUT2D eigenvalue weighted by molar-refractivity contribution is 0.213. The Balaban J connectivity index is 2.18. The maximum Gasteiger partial charge on any atom is 0.198 e. The molecule has 0 aliphatic carbocycles. The number of nitrogens with one attached hydrogen (secondary N) is 1. The van der Waals surface area contributed by atoms with Crippen molar-refractivity contribution in [1.82, 2.24) is 4.90 Å². The van der Waals surface area contributed by atoms with Crippen LogP contribution in [0.3, 0.4) is 0 Å². The van der Waals surface area contributed by atoms with Gasteiger partial charge < -0.3 is 16.0 Å². The lowest BCUT2D eigenvalue weighted by Crippen LogP contribution is -2.46. The van der Waals surface area contributed by atoms with E-state index in [1.807, 2.05) is 11.8 Å². The third kappa shape index (κ3) is 6.20. The maximum atomic E-state index is 5.59. The van der Waals surface area contributed by atoms with Crippen LogP contribution in [0.25, 0.3) is 0 Å². The molecular formula is C21H36N4S. The van der Waals surface area contributed by atoms with Gasteiger partial charge in [0.25, 0.3) is 0 Å². The minimum Gasteiger partial charge on any atom is -0.342 e. The van der Waals surface area contributed by atoms with Crippen LogP contribution < -0.4 is 11.1 Å². The van der Waals surface area contributed by atoms with Crippen molar-refractivity contribution in [2.45, 2.75) is 41.0 Å². The van der Waals surface area contributed by atoms with Crippen molar-refractivity contribution in [3.8, 4) is 0 Å². The van der Waals surface area contributed by atoms with Gasteiger partial charge in [-0.3, -0.25) is 4.99 Å². The van der Waals surface area contributed by atoms with E-state index in [-0.39, 0.29) is 0 Å². The molecule has 1 aliphatic rings. The number of nitrogens with zero attached hydrogens (tertiary/aromatic N) is 2. The normalized spacial score (nSPS) is 21.2. The average molecular weight is 377 g/mol. The Morgan fingerprint density at radius 3 is 2.35 bits per heavy atom. The van der Waals surface area contributed by atoms with Gasteiger partial charge in [-0.15, -0.1) is 0 Å². The van der Waals surface area contributed by atoms with E-state index in [4.69, 9.17) is 10.7 Å². The standard InChI is InChI=1S/C21H36N4S/c1-15-11-18(4)20(19(5)12-15)24-21(23-7-9-26-8-6-22)25-13-16(2)10-17(3)14-25/h11-12,16-17H,6-10,13-14,22H2,1-5H3,(H,23,24). The summed E-state index contributed by atoms with van der Waals surface area (Å²) in [6, 6.07) is 4.48. The molecule has 1 heterocycles. The van der Waals surface area contributed by atoms with Crippen molar-refractivity contribution in [3.05, 3.63) is 28.8 Å². The van der Waals surface area contributed by atoms with Gasteiger partial charge in [-0.1, -0.05) is 31.5 Å². The number of nitrogens with two attached hydrogens (primary N) is 1. The summed E-state index contributed by atoms with van der Waals surface area (Å²) < 4.78 is 0. The number of rotatable bonds is 6. The summed E-state index contributed by atoms with van der Waals surface area (Å²) in [5.41, 5.74) is 10.7. The summed E-state index contributed by atoms with van der Waals surface area (Å²) in [4.78, 5) is 7.41. The minimum atomic E-state index is 0.706. The molecule has 0 amide bonds. The van der Waals surface area contributed by atoms with Crippen LogP contribution >= 0.6 is 11.8 Å². The molecule has 0 spiro atoms. The van der Waals surface area contributed by atoms with Gasteiger partial charge in [0.05, 0.1) is 6.54 Å². The van der Waals surface area contributed by atoms with E-state index < -0.39 is 0 Å². The SMILES string of the molecule is Cc1cc(C)c(NC(=NCCSCCN)N2CC(C)CC(C)C2)c(C)c1. The number of anilines is 1. The summed E-state index contributed by atoms with van der Waals surface area (Å²) in [5, 5.41) is 3.69. The average Bonchev–Trinajstić information content (AvgIpc) is 2.54. The number of aliphatic imine (C=N–C) groups is 1. The van der Waals surface area contributed by atoms with Gasteiger partial charge in [-0.05, 0) is 50.2 Å². The largest absolute Gasteiger partial charge is 0.342 e. The highest BCUT2D eigenvalue weighted by Gasteiger charge is 2.24. The van der Waals surface area contributed by atoms with E-state index in [9.17, 15) is 0 Å². The number of hydrogen-bond acceptors (Lipinski definition) is 3.